The molecule has 17 heavy (non-hydrogen) atoms. The molecule has 0 saturated carbocycles. The molecular weight excluding hydrogens is 218 g/mol. The first-order chi connectivity index (χ1) is 8.21. The van der Waals surface area contributed by atoms with Crippen LogP contribution in [0.15, 0.2) is 12.1 Å². The largest absolute Gasteiger partial charge is 0.493 e. The van der Waals surface area contributed by atoms with E-state index in [2.05, 4.69) is 6.92 Å². The zero-order chi connectivity index (χ0) is 12.8. The van der Waals surface area contributed by atoms with E-state index in [1.54, 1.807) is 21.3 Å². The van der Waals surface area contributed by atoms with E-state index in [9.17, 15) is 0 Å². The molecule has 4 nitrogen and oxygen atoms in total. The van der Waals surface area contributed by atoms with E-state index in [1.807, 2.05) is 12.1 Å². The van der Waals surface area contributed by atoms with Crippen LogP contribution in [0.3, 0.4) is 0 Å². The van der Waals surface area contributed by atoms with Crippen molar-refractivity contribution in [3.63, 3.8) is 0 Å². The van der Waals surface area contributed by atoms with Gasteiger partial charge in [0.05, 0.1) is 21.3 Å². The van der Waals surface area contributed by atoms with Gasteiger partial charge in [-0.05, 0) is 36.6 Å². The Morgan fingerprint density at radius 3 is 1.88 bits per heavy atom. The number of methoxy groups -OCH3 is 3. The molecule has 1 rings (SSSR count). The first kappa shape index (κ1) is 13.6. The maximum absolute atomic E-state index is 5.76. The zero-order valence-electron chi connectivity index (χ0n) is 10.9. The van der Waals surface area contributed by atoms with Crippen LogP contribution in [0.2, 0.25) is 0 Å². The Hall–Kier alpha value is -1.42. The summed E-state index contributed by atoms with van der Waals surface area (Å²) >= 11 is 0. The van der Waals surface area contributed by atoms with Crippen molar-refractivity contribution in [1.29, 1.82) is 0 Å². The predicted molar refractivity (Wildman–Crippen MR) is 68.2 cm³/mol. The summed E-state index contributed by atoms with van der Waals surface area (Å²) in [6.07, 6.45) is 0.981. The minimum Gasteiger partial charge on any atom is -0.493 e. The zero-order valence-corrected chi connectivity index (χ0v) is 10.9. The van der Waals surface area contributed by atoms with Crippen LogP contribution in [0.5, 0.6) is 17.2 Å². The van der Waals surface area contributed by atoms with Gasteiger partial charge in [0.1, 0.15) is 0 Å². The van der Waals surface area contributed by atoms with Gasteiger partial charge in [-0.25, -0.2) is 0 Å². The van der Waals surface area contributed by atoms with Crippen LogP contribution in [0.25, 0.3) is 0 Å². The summed E-state index contributed by atoms with van der Waals surface area (Å²) in [6, 6.07) is 3.92. The molecule has 0 heterocycles. The van der Waals surface area contributed by atoms with Gasteiger partial charge in [-0.15, -0.1) is 0 Å². The Morgan fingerprint density at radius 1 is 1.06 bits per heavy atom. The van der Waals surface area contributed by atoms with Crippen molar-refractivity contribution < 1.29 is 14.2 Å². The highest BCUT2D eigenvalue weighted by Crippen LogP contribution is 2.40. The number of nitrogens with two attached hydrogens (primary N) is 1. The molecule has 1 unspecified atom stereocenters. The smallest absolute Gasteiger partial charge is 0.203 e. The van der Waals surface area contributed by atoms with E-state index in [1.165, 1.54) is 0 Å². The van der Waals surface area contributed by atoms with Crippen molar-refractivity contribution in [2.75, 3.05) is 27.9 Å². The number of rotatable bonds is 6. The molecule has 1 aromatic carbocycles. The summed E-state index contributed by atoms with van der Waals surface area (Å²) in [5.74, 6) is 2.27. The molecule has 2 N–H and O–H groups in total. The fourth-order valence-corrected chi connectivity index (χ4v) is 1.88. The lowest BCUT2D eigenvalue weighted by atomic mass is 9.96. The fourth-order valence-electron chi connectivity index (χ4n) is 1.88. The molecule has 0 amide bonds. The highest BCUT2D eigenvalue weighted by Gasteiger charge is 2.16. The Balaban J connectivity index is 3.26. The van der Waals surface area contributed by atoms with E-state index >= 15 is 0 Å². The minimum absolute atomic E-state index is 0.309. The molecule has 0 bridgehead atoms. The summed E-state index contributed by atoms with van der Waals surface area (Å²) in [5.41, 5.74) is 6.87. The monoisotopic (exact) mass is 239 g/mol. The Labute approximate surface area is 103 Å². The number of hydrogen-bond donors (Lipinski definition) is 1. The van der Waals surface area contributed by atoms with Gasteiger partial charge in [0, 0.05) is 0 Å². The number of ether oxygens (including phenoxy) is 3. The third-order valence-electron chi connectivity index (χ3n) is 2.94. The van der Waals surface area contributed by atoms with E-state index in [0.29, 0.717) is 29.7 Å². The Kier molecular flexibility index (Phi) is 5.10. The van der Waals surface area contributed by atoms with Crippen molar-refractivity contribution in [2.45, 2.75) is 19.3 Å². The third kappa shape index (κ3) is 2.82. The summed E-state index contributed by atoms with van der Waals surface area (Å²) in [4.78, 5) is 0. The van der Waals surface area contributed by atoms with Crippen LogP contribution in [-0.4, -0.2) is 27.9 Å². The molecule has 0 aliphatic carbocycles. The summed E-state index contributed by atoms with van der Waals surface area (Å²) < 4.78 is 15.9. The summed E-state index contributed by atoms with van der Waals surface area (Å²) in [6.45, 7) is 2.72. The molecular formula is C13H21NO3. The molecule has 4 heteroatoms. The lowest BCUT2D eigenvalue weighted by molar-refractivity contribution is 0.323. The van der Waals surface area contributed by atoms with Crippen molar-refractivity contribution in [2.24, 2.45) is 5.73 Å². The molecule has 0 aliphatic rings. The second kappa shape index (κ2) is 6.35. The minimum atomic E-state index is 0.309. The topological polar surface area (TPSA) is 53.7 Å². The second-order valence-corrected chi connectivity index (χ2v) is 3.80. The number of hydrogen-bond acceptors (Lipinski definition) is 4. The van der Waals surface area contributed by atoms with E-state index < -0.39 is 0 Å². The van der Waals surface area contributed by atoms with Crippen molar-refractivity contribution >= 4 is 0 Å². The van der Waals surface area contributed by atoms with Crippen LogP contribution in [0.4, 0.5) is 0 Å². The van der Waals surface area contributed by atoms with Crippen molar-refractivity contribution in [3.05, 3.63) is 17.7 Å². The van der Waals surface area contributed by atoms with Gasteiger partial charge >= 0.3 is 0 Å². The maximum Gasteiger partial charge on any atom is 0.203 e. The number of benzene rings is 1. The first-order valence-electron chi connectivity index (χ1n) is 5.71. The van der Waals surface area contributed by atoms with Gasteiger partial charge in [-0.2, -0.15) is 0 Å². The quantitative estimate of drug-likeness (QED) is 0.826. The van der Waals surface area contributed by atoms with Gasteiger partial charge in [-0.1, -0.05) is 6.92 Å². The van der Waals surface area contributed by atoms with Crippen LogP contribution in [0.1, 0.15) is 24.8 Å². The van der Waals surface area contributed by atoms with Crippen LogP contribution in [0, 0.1) is 0 Å². The van der Waals surface area contributed by atoms with Gasteiger partial charge in [-0.3, -0.25) is 0 Å². The molecule has 96 valence electrons. The van der Waals surface area contributed by atoms with Crippen LogP contribution in [-0.2, 0) is 0 Å². The van der Waals surface area contributed by atoms with Crippen molar-refractivity contribution in [3.8, 4) is 17.2 Å². The third-order valence-corrected chi connectivity index (χ3v) is 2.94. The summed E-state index contributed by atoms with van der Waals surface area (Å²) in [5, 5.41) is 0. The standard InChI is InChI=1S/C13H21NO3/c1-5-9(8-14)10-6-11(15-2)13(17-4)12(7-10)16-3/h6-7,9H,5,8,14H2,1-4H3. The molecule has 0 fully saturated rings. The van der Waals surface area contributed by atoms with Crippen molar-refractivity contribution in [1.82, 2.24) is 0 Å². The van der Waals surface area contributed by atoms with Gasteiger partial charge in [0.15, 0.2) is 11.5 Å². The molecule has 0 saturated heterocycles. The fraction of sp³-hybridized carbons (Fsp3) is 0.538. The SMILES string of the molecule is CCC(CN)c1cc(OC)c(OC)c(OC)c1. The van der Waals surface area contributed by atoms with E-state index in [4.69, 9.17) is 19.9 Å². The average Bonchev–Trinajstić information content (AvgIpc) is 2.38. The van der Waals surface area contributed by atoms with E-state index in [-0.39, 0.29) is 0 Å². The lowest BCUT2D eigenvalue weighted by Gasteiger charge is -2.18. The van der Waals surface area contributed by atoms with Crippen LogP contribution >= 0.6 is 0 Å². The molecule has 1 aromatic rings. The normalized spacial score (nSPS) is 12.1. The molecule has 1 atom stereocenters. The average molecular weight is 239 g/mol. The second-order valence-electron chi connectivity index (χ2n) is 3.80. The Bertz CT molecular complexity index is 337. The highest BCUT2D eigenvalue weighted by molar-refractivity contribution is 5.54. The highest BCUT2D eigenvalue weighted by atomic mass is 16.5. The molecule has 0 aromatic heterocycles. The molecule has 0 aliphatic heterocycles. The summed E-state index contributed by atoms with van der Waals surface area (Å²) in [7, 11) is 4.83. The van der Waals surface area contributed by atoms with Crippen LogP contribution < -0.4 is 19.9 Å². The predicted octanol–water partition coefficient (Wildman–Crippen LogP) is 2.16. The maximum atomic E-state index is 5.76. The lowest BCUT2D eigenvalue weighted by Crippen LogP contribution is -2.12. The first-order valence-corrected chi connectivity index (χ1v) is 5.71. The molecule has 0 spiro atoms. The van der Waals surface area contributed by atoms with Gasteiger partial charge < -0.3 is 19.9 Å². The molecule has 0 radical (unpaired) electrons. The van der Waals surface area contributed by atoms with Gasteiger partial charge in [0.25, 0.3) is 0 Å². The Morgan fingerprint density at radius 2 is 1.59 bits per heavy atom. The van der Waals surface area contributed by atoms with E-state index in [0.717, 1.165) is 12.0 Å². The van der Waals surface area contributed by atoms with Gasteiger partial charge in [0.2, 0.25) is 5.75 Å².